The summed E-state index contributed by atoms with van der Waals surface area (Å²) in [6.45, 7) is 0. The van der Waals surface area contributed by atoms with Crippen molar-refractivity contribution in [3.63, 3.8) is 0 Å². The number of halogens is 1. The van der Waals surface area contributed by atoms with Crippen molar-refractivity contribution in [2.45, 2.75) is 48.3 Å². The van der Waals surface area contributed by atoms with E-state index in [9.17, 15) is 4.79 Å². The normalized spacial score (nSPS) is 34.7. The van der Waals surface area contributed by atoms with Gasteiger partial charge in [0, 0.05) is 22.4 Å². The number of amides is 1. The quantitative estimate of drug-likeness (QED) is 0.695. The molecule has 2 atom stereocenters. The highest BCUT2D eigenvalue weighted by atomic mass is 79.9. The second-order valence-electron chi connectivity index (χ2n) is 8.67. The molecule has 6 rings (SSSR count). The van der Waals surface area contributed by atoms with Crippen molar-refractivity contribution >= 4 is 27.5 Å². The summed E-state index contributed by atoms with van der Waals surface area (Å²) in [5.41, 5.74) is 3.22. The number of benzene rings is 1. The molecule has 4 aliphatic rings. The van der Waals surface area contributed by atoms with Crippen LogP contribution in [0.5, 0.6) is 0 Å². The molecule has 1 aromatic carbocycles. The average Bonchev–Trinajstić information content (AvgIpc) is 2.61. The summed E-state index contributed by atoms with van der Waals surface area (Å²) < 4.78 is 0.365. The van der Waals surface area contributed by atoms with E-state index in [-0.39, 0.29) is 5.91 Å². The Hall–Kier alpha value is -1.68. The van der Waals surface area contributed by atoms with Gasteiger partial charge in [0.15, 0.2) is 0 Å². The fraction of sp³-hybridized carbons (Fsp3) is 0.455. The topological polar surface area (TPSA) is 42.0 Å². The predicted molar refractivity (Wildman–Crippen MR) is 107 cm³/mol. The third-order valence-electron chi connectivity index (χ3n) is 6.67. The summed E-state index contributed by atoms with van der Waals surface area (Å²) in [7, 11) is 0. The number of nitrogens with one attached hydrogen (secondary N) is 1. The molecule has 26 heavy (non-hydrogen) atoms. The first kappa shape index (κ1) is 16.5. The van der Waals surface area contributed by atoms with Gasteiger partial charge in [-0.25, -0.2) is 0 Å². The number of pyridine rings is 1. The lowest BCUT2D eigenvalue weighted by atomic mass is 9.48. The second kappa shape index (κ2) is 5.91. The molecule has 4 fully saturated rings. The van der Waals surface area contributed by atoms with Crippen LogP contribution < -0.4 is 5.32 Å². The van der Waals surface area contributed by atoms with E-state index in [0.29, 0.717) is 15.3 Å². The Morgan fingerprint density at radius 2 is 1.81 bits per heavy atom. The zero-order valence-corrected chi connectivity index (χ0v) is 16.3. The summed E-state index contributed by atoms with van der Waals surface area (Å²) in [5.74, 6) is 1.64. The van der Waals surface area contributed by atoms with Crippen molar-refractivity contribution in [2.24, 2.45) is 11.8 Å². The molecule has 134 valence electrons. The van der Waals surface area contributed by atoms with E-state index < -0.39 is 0 Å². The minimum absolute atomic E-state index is 0.111. The summed E-state index contributed by atoms with van der Waals surface area (Å²) in [4.78, 5) is 16.3. The number of alkyl halides is 1. The van der Waals surface area contributed by atoms with E-state index in [1.165, 1.54) is 44.1 Å². The molecule has 2 unspecified atom stereocenters. The minimum atomic E-state index is -0.111. The fourth-order valence-corrected chi connectivity index (χ4v) is 7.55. The van der Waals surface area contributed by atoms with Gasteiger partial charge in [-0.3, -0.25) is 9.78 Å². The Labute approximate surface area is 162 Å². The van der Waals surface area contributed by atoms with Crippen LogP contribution >= 0.6 is 15.9 Å². The summed E-state index contributed by atoms with van der Waals surface area (Å²) in [5, 5.41) is 2.98. The zero-order chi connectivity index (χ0) is 17.8. The third-order valence-corrected chi connectivity index (χ3v) is 7.60. The van der Waals surface area contributed by atoms with Gasteiger partial charge in [0.25, 0.3) is 5.91 Å². The van der Waals surface area contributed by atoms with Gasteiger partial charge < -0.3 is 5.32 Å². The molecule has 3 nitrogen and oxygen atoms in total. The number of rotatable bonds is 3. The Kier molecular flexibility index (Phi) is 3.75. The van der Waals surface area contributed by atoms with E-state index in [1.54, 1.807) is 24.5 Å². The lowest BCUT2D eigenvalue weighted by molar-refractivity contribution is 0.0149. The van der Waals surface area contributed by atoms with E-state index in [1.807, 2.05) is 0 Å². The maximum Gasteiger partial charge on any atom is 0.257 e. The Morgan fingerprint density at radius 1 is 1.08 bits per heavy atom. The van der Waals surface area contributed by atoms with Gasteiger partial charge in [-0.2, -0.15) is 0 Å². The monoisotopic (exact) mass is 410 g/mol. The summed E-state index contributed by atoms with van der Waals surface area (Å²) in [6, 6.07) is 12.2. The number of carbonyl (C=O) groups is 1. The number of hydrogen-bond donors (Lipinski definition) is 1. The highest BCUT2D eigenvalue weighted by Gasteiger charge is 2.57. The zero-order valence-electron chi connectivity index (χ0n) is 14.7. The maximum atomic E-state index is 12.3. The van der Waals surface area contributed by atoms with Crippen LogP contribution in [0, 0.1) is 11.8 Å². The summed E-state index contributed by atoms with van der Waals surface area (Å²) >= 11 is 4.10. The molecule has 0 saturated heterocycles. The van der Waals surface area contributed by atoms with Gasteiger partial charge in [0.05, 0.1) is 5.56 Å². The van der Waals surface area contributed by atoms with Crippen molar-refractivity contribution < 1.29 is 4.79 Å². The number of hydrogen-bond acceptors (Lipinski definition) is 2. The highest BCUT2D eigenvalue weighted by Crippen LogP contribution is 2.64. The van der Waals surface area contributed by atoms with E-state index >= 15 is 0 Å². The van der Waals surface area contributed by atoms with Gasteiger partial charge in [-0.05, 0) is 85.6 Å². The second-order valence-corrected chi connectivity index (χ2v) is 10.3. The average molecular weight is 411 g/mol. The number of anilines is 1. The molecular formula is C22H23BrN2O. The van der Waals surface area contributed by atoms with Gasteiger partial charge in [0.1, 0.15) is 0 Å². The van der Waals surface area contributed by atoms with Crippen LogP contribution in [0.4, 0.5) is 5.69 Å². The molecule has 1 heterocycles. The van der Waals surface area contributed by atoms with Crippen LogP contribution in [-0.4, -0.2) is 15.2 Å². The SMILES string of the molecule is O=C(Nc1ccc(C23CC4CC(CC(Br)(C4)C2)C3)cc1)c1cccnc1. The lowest BCUT2D eigenvalue weighted by Gasteiger charge is -2.60. The van der Waals surface area contributed by atoms with E-state index in [4.69, 9.17) is 0 Å². The molecule has 4 heteroatoms. The minimum Gasteiger partial charge on any atom is -0.322 e. The van der Waals surface area contributed by atoms with Crippen molar-refractivity contribution in [1.82, 2.24) is 4.98 Å². The van der Waals surface area contributed by atoms with Crippen LogP contribution in [0.25, 0.3) is 0 Å². The van der Waals surface area contributed by atoms with Gasteiger partial charge in [-0.1, -0.05) is 28.1 Å². The van der Waals surface area contributed by atoms with Crippen LogP contribution in [0.15, 0.2) is 48.8 Å². The van der Waals surface area contributed by atoms with Crippen LogP contribution in [0.2, 0.25) is 0 Å². The van der Waals surface area contributed by atoms with Crippen LogP contribution in [0.1, 0.15) is 54.4 Å². The molecule has 4 aliphatic carbocycles. The third kappa shape index (κ3) is 2.79. The van der Waals surface area contributed by atoms with Gasteiger partial charge in [0.2, 0.25) is 0 Å². The Balaban J connectivity index is 1.37. The molecule has 0 radical (unpaired) electrons. The first-order valence-electron chi connectivity index (χ1n) is 9.55. The van der Waals surface area contributed by atoms with Gasteiger partial charge in [-0.15, -0.1) is 0 Å². The maximum absolute atomic E-state index is 12.3. The number of nitrogens with zero attached hydrogens (tertiary/aromatic N) is 1. The smallest absolute Gasteiger partial charge is 0.257 e. The van der Waals surface area contributed by atoms with Crippen molar-refractivity contribution in [2.75, 3.05) is 5.32 Å². The highest BCUT2D eigenvalue weighted by molar-refractivity contribution is 9.10. The predicted octanol–water partition coefficient (Wildman–Crippen LogP) is 5.32. The van der Waals surface area contributed by atoms with Crippen LogP contribution in [0.3, 0.4) is 0 Å². The molecule has 0 spiro atoms. The standard InChI is InChI=1S/C22H23BrN2O/c23-22-11-15-8-16(12-22)10-21(9-15,14-22)18-3-5-19(6-4-18)25-20(26)17-2-1-7-24-13-17/h1-7,13,15-16H,8-12,14H2,(H,25,26). The Bertz CT molecular complexity index is 819. The summed E-state index contributed by atoms with van der Waals surface area (Å²) in [6.07, 6.45) is 11.3. The Morgan fingerprint density at radius 3 is 2.42 bits per heavy atom. The lowest BCUT2D eigenvalue weighted by Crippen LogP contribution is -2.54. The molecule has 0 aliphatic heterocycles. The molecule has 4 bridgehead atoms. The van der Waals surface area contributed by atoms with Gasteiger partial charge >= 0.3 is 0 Å². The molecular weight excluding hydrogens is 388 g/mol. The van der Waals surface area contributed by atoms with Crippen molar-refractivity contribution in [1.29, 1.82) is 0 Å². The number of carbonyl (C=O) groups excluding carboxylic acids is 1. The molecule has 2 aromatic rings. The molecule has 1 N–H and O–H groups in total. The molecule has 1 aromatic heterocycles. The molecule has 1 amide bonds. The largest absolute Gasteiger partial charge is 0.322 e. The first-order valence-corrected chi connectivity index (χ1v) is 10.3. The van der Waals surface area contributed by atoms with Crippen LogP contribution in [-0.2, 0) is 5.41 Å². The van der Waals surface area contributed by atoms with E-state index in [0.717, 1.165) is 17.5 Å². The first-order chi connectivity index (χ1) is 12.5. The fourth-order valence-electron chi connectivity index (χ4n) is 6.10. The number of aromatic nitrogens is 1. The van der Waals surface area contributed by atoms with Crippen molar-refractivity contribution in [3.8, 4) is 0 Å². The van der Waals surface area contributed by atoms with E-state index in [2.05, 4.69) is 50.5 Å². The van der Waals surface area contributed by atoms with Crippen molar-refractivity contribution in [3.05, 3.63) is 59.9 Å². The molecule has 4 saturated carbocycles.